The van der Waals surface area contributed by atoms with Crippen molar-refractivity contribution in [3.8, 4) is 5.75 Å². The summed E-state index contributed by atoms with van der Waals surface area (Å²) in [6.45, 7) is 3.86. The minimum absolute atomic E-state index is 0.329. The van der Waals surface area contributed by atoms with Crippen LogP contribution < -0.4 is 0 Å². The molecular weight excluding hydrogens is 164 g/mol. The first-order chi connectivity index (χ1) is 6.27. The third kappa shape index (κ3) is 1.68. The SMILES string of the molecule is C[C@@H]1COC[C@@H]1c1ccc(O)cc1. The van der Waals surface area contributed by atoms with E-state index in [2.05, 4.69) is 6.92 Å². The Morgan fingerprint density at radius 1 is 1.23 bits per heavy atom. The summed E-state index contributed by atoms with van der Waals surface area (Å²) in [5.41, 5.74) is 1.27. The lowest BCUT2D eigenvalue weighted by Gasteiger charge is -2.12. The second-order valence-electron chi connectivity index (χ2n) is 3.71. The summed E-state index contributed by atoms with van der Waals surface area (Å²) < 4.78 is 5.39. The molecule has 1 aromatic carbocycles. The Kier molecular flexibility index (Phi) is 2.23. The number of hydrogen-bond acceptors (Lipinski definition) is 2. The van der Waals surface area contributed by atoms with Crippen molar-refractivity contribution in [3.05, 3.63) is 29.8 Å². The normalized spacial score (nSPS) is 27.8. The highest BCUT2D eigenvalue weighted by Crippen LogP contribution is 2.30. The van der Waals surface area contributed by atoms with E-state index >= 15 is 0 Å². The van der Waals surface area contributed by atoms with Crippen LogP contribution in [0.3, 0.4) is 0 Å². The van der Waals surface area contributed by atoms with E-state index in [0.29, 0.717) is 17.6 Å². The summed E-state index contributed by atoms with van der Waals surface area (Å²) in [6.07, 6.45) is 0. The number of rotatable bonds is 1. The molecule has 1 aliphatic rings. The summed E-state index contributed by atoms with van der Waals surface area (Å²) >= 11 is 0. The predicted molar refractivity (Wildman–Crippen MR) is 50.8 cm³/mol. The molecule has 2 atom stereocenters. The number of aromatic hydroxyl groups is 1. The Morgan fingerprint density at radius 3 is 2.46 bits per heavy atom. The highest BCUT2D eigenvalue weighted by Gasteiger charge is 2.25. The fourth-order valence-electron chi connectivity index (χ4n) is 1.81. The van der Waals surface area contributed by atoms with Crippen molar-refractivity contribution >= 4 is 0 Å². The third-order valence-corrected chi connectivity index (χ3v) is 2.69. The molecule has 0 aliphatic carbocycles. The molecule has 1 heterocycles. The van der Waals surface area contributed by atoms with Gasteiger partial charge in [0.25, 0.3) is 0 Å². The van der Waals surface area contributed by atoms with Crippen molar-refractivity contribution in [1.29, 1.82) is 0 Å². The van der Waals surface area contributed by atoms with Gasteiger partial charge in [-0.2, -0.15) is 0 Å². The minimum atomic E-state index is 0.329. The second kappa shape index (κ2) is 3.38. The highest BCUT2D eigenvalue weighted by atomic mass is 16.5. The average Bonchev–Trinajstić information content (AvgIpc) is 2.53. The summed E-state index contributed by atoms with van der Waals surface area (Å²) in [4.78, 5) is 0. The molecule has 1 fully saturated rings. The van der Waals surface area contributed by atoms with Gasteiger partial charge < -0.3 is 9.84 Å². The first-order valence-electron chi connectivity index (χ1n) is 4.64. The molecule has 13 heavy (non-hydrogen) atoms. The van der Waals surface area contributed by atoms with Crippen molar-refractivity contribution in [1.82, 2.24) is 0 Å². The molecule has 0 unspecified atom stereocenters. The Labute approximate surface area is 78.2 Å². The molecule has 70 valence electrons. The molecule has 1 aromatic rings. The van der Waals surface area contributed by atoms with Crippen LogP contribution in [0, 0.1) is 5.92 Å². The fraction of sp³-hybridized carbons (Fsp3) is 0.455. The van der Waals surface area contributed by atoms with Gasteiger partial charge in [-0.25, -0.2) is 0 Å². The Balaban J connectivity index is 2.20. The molecule has 2 nitrogen and oxygen atoms in total. The van der Waals surface area contributed by atoms with Gasteiger partial charge in [0.05, 0.1) is 6.61 Å². The number of hydrogen-bond donors (Lipinski definition) is 1. The highest BCUT2D eigenvalue weighted by molar-refractivity contribution is 5.29. The molecule has 0 radical (unpaired) electrons. The van der Waals surface area contributed by atoms with Crippen LogP contribution in [0.15, 0.2) is 24.3 Å². The molecule has 2 heteroatoms. The quantitative estimate of drug-likeness (QED) is 0.714. The Morgan fingerprint density at radius 2 is 1.92 bits per heavy atom. The summed E-state index contributed by atoms with van der Waals surface area (Å²) in [5.74, 6) is 1.42. The smallest absolute Gasteiger partial charge is 0.115 e. The van der Waals surface area contributed by atoms with Gasteiger partial charge in [0, 0.05) is 12.5 Å². The number of phenolic OH excluding ortho intramolecular Hbond substituents is 1. The van der Waals surface area contributed by atoms with Gasteiger partial charge in [-0.05, 0) is 23.6 Å². The largest absolute Gasteiger partial charge is 0.508 e. The van der Waals surface area contributed by atoms with Crippen LogP contribution >= 0.6 is 0 Å². The molecule has 0 spiro atoms. The van der Waals surface area contributed by atoms with Crippen LogP contribution in [-0.2, 0) is 4.74 Å². The lowest BCUT2D eigenvalue weighted by atomic mass is 9.90. The molecule has 1 aliphatic heterocycles. The molecule has 0 aromatic heterocycles. The van der Waals surface area contributed by atoms with E-state index in [4.69, 9.17) is 9.84 Å². The van der Waals surface area contributed by atoms with Crippen molar-refractivity contribution in [2.75, 3.05) is 13.2 Å². The molecular formula is C11H14O2. The van der Waals surface area contributed by atoms with Gasteiger partial charge in [-0.3, -0.25) is 0 Å². The first kappa shape index (κ1) is 8.57. The maximum atomic E-state index is 9.13. The summed E-state index contributed by atoms with van der Waals surface area (Å²) in [6, 6.07) is 7.43. The maximum absolute atomic E-state index is 9.13. The molecule has 1 saturated heterocycles. The monoisotopic (exact) mass is 178 g/mol. The van der Waals surface area contributed by atoms with Crippen LogP contribution in [0.4, 0.5) is 0 Å². The second-order valence-corrected chi connectivity index (χ2v) is 3.71. The minimum Gasteiger partial charge on any atom is -0.508 e. The lowest BCUT2D eigenvalue weighted by molar-refractivity contribution is 0.186. The van der Waals surface area contributed by atoms with E-state index < -0.39 is 0 Å². The zero-order valence-corrected chi connectivity index (χ0v) is 7.73. The maximum Gasteiger partial charge on any atom is 0.115 e. The van der Waals surface area contributed by atoms with E-state index in [0.717, 1.165) is 13.2 Å². The van der Waals surface area contributed by atoms with Crippen LogP contribution in [0.25, 0.3) is 0 Å². The molecule has 0 amide bonds. The van der Waals surface area contributed by atoms with Crippen molar-refractivity contribution in [2.24, 2.45) is 5.92 Å². The van der Waals surface area contributed by atoms with E-state index in [-0.39, 0.29) is 0 Å². The van der Waals surface area contributed by atoms with E-state index in [1.165, 1.54) is 5.56 Å². The Hall–Kier alpha value is -1.02. The van der Waals surface area contributed by atoms with Gasteiger partial charge in [0.1, 0.15) is 5.75 Å². The van der Waals surface area contributed by atoms with Crippen molar-refractivity contribution in [2.45, 2.75) is 12.8 Å². The van der Waals surface area contributed by atoms with Crippen molar-refractivity contribution < 1.29 is 9.84 Å². The zero-order valence-electron chi connectivity index (χ0n) is 7.73. The third-order valence-electron chi connectivity index (χ3n) is 2.69. The average molecular weight is 178 g/mol. The van der Waals surface area contributed by atoms with Crippen LogP contribution in [0.1, 0.15) is 18.4 Å². The standard InChI is InChI=1S/C11H14O2/c1-8-6-13-7-11(8)9-2-4-10(12)5-3-9/h2-5,8,11-12H,6-7H2,1H3/t8-,11+/m1/s1. The topological polar surface area (TPSA) is 29.5 Å². The number of ether oxygens (including phenoxy) is 1. The fourth-order valence-corrected chi connectivity index (χ4v) is 1.81. The van der Waals surface area contributed by atoms with E-state index in [9.17, 15) is 0 Å². The van der Waals surface area contributed by atoms with Crippen LogP contribution in [0.5, 0.6) is 5.75 Å². The van der Waals surface area contributed by atoms with Crippen LogP contribution in [-0.4, -0.2) is 18.3 Å². The van der Waals surface area contributed by atoms with Crippen LogP contribution in [0.2, 0.25) is 0 Å². The molecule has 0 bridgehead atoms. The molecule has 0 saturated carbocycles. The van der Waals surface area contributed by atoms with E-state index in [1.807, 2.05) is 12.1 Å². The zero-order chi connectivity index (χ0) is 9.26. The molecule has 1 N–H and O–H groups in total. The number of benzene rings is 1. The first-order valence-corrected chi connectivity index (χ1v) is 4.64. The van der Waals surface area contributed by atoms with Gasteiger partial charge in [0.2, 0.25) is 0 Å². The van der Waals surface area contributed by atoms with Gasteiger partial charge in [0.15, 0.2) is 0 Å². The van der Waals surface area contributed by atoms with Crippen molar-refractivity contribution in [3.63, 3.8) is 0 Å². The summed E-state index contributed by atoms with van der Waals surface area (Å²) in [5, 5.41) is 9.13. The predicted octanol–water partition coefficient (Wildman–Crippen LogP) is 2.14. The van der Waals surface area contributed by atoms with Gasteiger partial charge >= 0.3 is 0 Å². The van der Waals surface area contributed by atoms with Gasteiger partial charge in [-0.15, -0.1) is 0 Å². The number of phenols is 1. The summed E-state index contributed by atoms with van der Waals surface area (Å²) in [7, 11) is 0. The lowest BCUT2D eigenvalue weighted by Crippen LogP contribution is -2.05. The van der Waals surface area contributed by atoms with E-state index in [1.54, 1.807) is 12.1 Å². The Bertz CT molecular complexity index is 279. The van der Waals surface area contributed by atoms with Gasteiger partial charge in [-0.1, -0.05) is 19.1 Å². The molecule has 2 rings (SSSR count).